The molecule has 0 spiro atoms. The molecule has 1 nitrogen and oxygen atoms in total. The lowest BCUT2D eigenvalue weighted by atomic mass is 9.68. The minimum Gasteiger partial charge on any atom is -0.287 e. The predicted molar refractivity (Wildman–Crippen MR) is 145 cm³/mol. The van der Waals surface area contributed by atoms with Crippen LogP contribution in [0.5, 0.6) is 0 Å². The van der Waals surface area contributed by atoms with Crippen LogP contribution in [0.15, 0.2) is 24.3 Å². The number of carbonyl (C=O) groups excluding carboxylic acids is 1. The standard InChI is InChI=1S/C32H37F15O/c1-2-3-4-5-6-19-7-9-20(10-8-19)21-11-13-22(14-12-21)23-15-17-24(18-16-23)25(48)26(33,34)27(35,36)28(37,38)29(39,40)30(41,42)31(43,44)32(45,46)47/h15-22H,2-14H2,1H3. The first kappa shape index (κ1) is 40.3. The minimum absolute atomic E-state index is 0.150. The highest BCUT2D eigenvalue weighted by Gasteiger charge is 2.94. The van der Waals surface area contributed by atoms with Crippen LogP contribution in [0.25, 0.3) is 0 Å². The van der Waals surface area contributed by atoms with Gasteiger partial charge in [0.15, 0.2) is 0 Å². The Morgan fingerprint density at radius 2 is 1.00 bits per heavy atom. The van der Waals surface area contributed by atoms with Gasteiger partial charge < -0.3 is 0 Å². The van der Waals surface area contributed by atoms with E-state index in [1.807, 2.05) is 0 Å². The number of benzene rings is 1. The average molecular weight is 723 g/mol. The van der Waals surface area contributed by atoms with Crippen molar-refractivity contribution in [3.05, 3.63) is 35.4 Å². The fourth-order valence-electron chi connectivity index (χ4n) is 6.93. The summed E-state index contributed by atoms with van der Waals surface area (Å²) in [4.78, 5) is 12.2. The molecule has 0 aliphatic heterocycles. The molecular weight excluding hydrogens is 685 g/mol. The zero-order valence-electron chi connectivity index (χ0n) is 25.9. The summed E-state index contributed by atoms with van der Waals surface area (Å²) < 4.78 is 203. The van der Waals surface area contributed by atoms with Gasteiger partial charge in [-0.15, -0.1) is 0 Å². The molecule has 0 N–H and O–H groups in total. The highest BCUT2D eigenvalue weighted by atomic mass is 19.4. The van der Waals surface area contributed by atoms with E-state index in [0.717, 1.165) is 43.7 Å². The average Bonchev–Trinajstić information content (AvgIpc) is 3.02. The van der Waals surface area contributed by atoms with Crippen molar-refractivity contribution in [2.45, 2.75) is 138 Å². The van der Waals surface area contributed by atoms with E-state index in [1.54, 1.807) is 0 Å². The van der Waals surface area contributed by atoms with E-state index in [1.165, 1.54) is 44.9 Å². The second-order valence-corrected chi connectivity index (χ2v) is 13.1. The number of Topliss-reactive ketones (excluding diaryl/α,β-unsaturated/α-hetero) is 1. The monoisotopic (exact) mass is 722 g/mol. The molecule has 276 valence electrons. The third-order valence-corrected chi connectivity index (χ3v) is 10.1. The van der Waals surface area contributed by atoms with Crippen LogP contribution in [-0.2, 0) is 0 Å². The fraction of sp³-hybridized carbons (Fsp3) is 0.781. The summed E-state index contributed by atoms with van der Waals surface area (Å²) >= 11 is 0. The Kier molecular flexibility index (Phi) is 11.9. The number of alkyl halides is 15. The highest BCUT2D eigenvalue weighted by molar-refractivity contribution is 6.02. The zero-order valence-corrected chi connectivity index (χ0v) is 25.9. The van der Waals surface area contributed by atoms with Crippen molar-refractivity contribution >= 4 is 5.78 Å². The minimum atomic E-state index is -8.43. The molecule has 48 heavy (non-hydrogen) atoms. The van der Waals surface area contributed by atoms with E-state index in [9.17, 15) is 70.7 Å². The third-order valence-electron chi connectivity index (χ3n) is 10.1. The van der Waals surface area contributed by atoms with Crippen molar-refractivity contribution < 1.29 is 70.7 Å². The van der Waals surface area contributed by atoms with E-state index >= 15 is 0 Å². The fourth-order valence-corrected chi connectivity index (χ4v) is 6.93. The zero-order chi connectivity index (χ0) is 36.6. The van der Waals surface area contributed by atoms with Crippen LogP contribution in [0, 0.1) is 17.8 Å². The largest absolute Gasteiger partial charge is 0.460 e. The van der Waals surface area contributed by atoms with Crippen LogP contribution in [0.2, 0.25) is 0 Å². The molecule has 0 radical (unpaired) electrons. The number of hydrogen-bond donors (Lipinski definition) is 0. The molecule has 0 heterocycles. The normalized spacial score (nSPS) is 24.1. The topological polar surface area (TPSA) is 17.1 Å². The predicted octanol–water partition coefficient (Wildman–Crippen LogP) is 12.3. The lowest BCUT2D eigenvalue weighted by Crippen LogP contribution is -2.73. The molecule has 1 aromatic rings. The molecular formula is C32H37F15O. The van der Waals surface area contributed by atoms with Crippen LogP contribution < -0.4 is 0 Å². The van der Waals surface area contributed by atoms with E-state index in [2.05, 4.69) is 6.92 Å². The van der Waals surface area contributed by atoms with Gasteiger partial charge in [-0.2, -0.15) is 65.9 Å². The number of ketones is 1. The first-order valence-electron chi connectivity index (χ1n) is 15.9. The molecule has 2 fully saturated rings. The number of halogens is 15. The molecule has 1 aromatic carbocycles. The Balaban J connectivity index is 1.66. The maximum atomic E-state index is 14.4. The quantitative estimate of drug-likeness (QED) is 0.106. The second kappa shape index (κ2) is 14.2. The van der Waals surface area contributed by atoms with Gasteiger partial charge in [-0.1, -0.05) is 76.1 Å². The molecule has 0 bridgehead atoms. The molecule has 0 amide bonds. The molecule has 0 aromatic heterocycles. The molecule has 0 unspecified atom stereocenters. The van der Waals surface area contributed by atoms with Crippen molar-refractivity contribution in [3.63, 3.8) is 0 Å². The summed E-state index contributed by atoms with van der Waals surface area (Å²) in [5, 5.41) is 0. The van der Waals surface area contributed by atoms with Gasteiger partial charge in [0.1, 0.15) is 0 Å². The number of hydrogen-bond acceptors (Lipinski definition) is 1. The molecule has 0 atom stereocenters. The van der Waals surface area contributed by atoms with Crippen LogP contribution >= 0.6 is 0 Å². The first-order chi connectivity index (χ1) is 21.9. The van der Waals surface area contributed by atoms with Gasteiger partial charge in [-0.05, 0) is 67.8 Å². The SMILES string of the molecule is CCCCCCC1CCC(C2CCC(c3ccc(C(=O)C(F)(F)C(F)(F)C(F)(F)C(F)(F)C(F)(F)C(F)(F)C(F)(F)F)cc3)CC2)CC1. The summed E-state index contributed by atoms with van der Waals surface area (Å²) in [7, 11) is 0. The number of rotatable bonds is 14. The molecule has 0 saturated heterocycles. The summed E-state index contributed by atoms with van der Waals surface area (Å²) in [6.07, 6.45) is 5.98. The van der Waals surface area contributed by atoms with E-state index in [0.29, 0.717) is 42.4 Å². The van der Waals surface area contributed by atoms with Crippen molar-refractivity contribution in [3.8, 4) is 0 Å². The molecule has 16 heteroatoms. The maximum Gasteiger partial charge on any atom is 0.460 e. The summed E-state index contributed by atoms with van der Waals surface area (Å²) in [5.41, 5.74) is -0.989. The van der Waals surface area contributed by atoms with E-state index in [-0.39, 0.29) is 5.92 Å². The molecule has 2 saturated carbocycles. The smallest absolute Gasteiger partial charge is 0.287 e. The van der Waals surface area contributed by atoms with Gasteiger partial charge in [0, 0.05) is 5.56 Å². The Morgan fingerprint density at radius 3 is 1.46 bits per heavy atom. The van der Waals surface area contributed by atoms with Crippen molar-refractivity contribution in [2.75, 3.05) is 0 Å². The maximum absolute atomic E-state index is 14.4. The van der Waals surface area contributed by atoms with Crippen molar-refractivity contribution in [2.24, 2.45) is 17.8 Å². The summed E-state index contributed by atoms with van der Waals surface area (Å²) in [5.74, 6) is -49.6. The van der Waals surface area contributed by atoms with Crippen LogP contribution in [0.3, 0.4) is 0 Å². The van der Waals surface area contributed by atoms with Crippen molar-refractivity contribution in [1.82, 2.24) is 0 Å². The van der Waals surface area contributed by atoms with Crippen LogP contribution in [0.1, 0.15) is 112 Å². The van der Waals surface area contributed by atoms with Crippen molar-refractivity contribution in [1.29, 1.82) is 0 Å². The van der Waals surface area contributed by atoms with Gasteiger partial charge in [0.05, 0.1) is 0 Å². The van der Waals surface area contributed by atoms with Gasteiger partial charge in [0.2, 0.25) is 5.78 Å². The lowest BCUT2D eigenvalue weighted by molar-refractivity contribution is -0.449. The summed E-state index contributed by atoms with van der Waals surface area (Å²) in [6, 6.07) is 3.08. The van der Waals surface area contributed by atoms with E-state index < -0.39 is 53.1 Å². The highest BCUT2D eigenvalue weighted by Crippen LogP contribution is 2.62. The first-order valence-corrected chi connectivity index (χ1v) is 15.9. The van der Waals surface area contributed by atoms with Gasteiger partial charge >= 0.3 is 41.7 Å². The Hall–Kier alpha value is -2.16. The second-order valence-electron chi connectivity index (χ2n) is 13.1. The molecule has 3 rings (SSSR count). The molecule has 2 aliphatic carbocycles. The van der Waals surface area contributed by atoms with Crippen LogP contribution in [-0.4, -0.2) is 47.5 Å². The van der Waals surface area contributed by atoms with E-state index in [4.69, 9.17) is 0 Å². The van der Waals surface area contributed by atoms with Crippen LogP contribution in [0.4, 0.5) is 65.9 Å². The summed E-state index contributed by atoms with van der Waals surface area (Å²) in [6.45, 7) is 2.16. The molecule has 2 aliphatic rings. The number of carbonyl (C=O) groups is 1. The number of unbranched alkanes of at least 4 members (excludes halogenated alkanes) is 3. The Labute approximate surface area is 268 Å². The van der Waals surface area contributed by atoms with Gasteiger partial charge in [0.25, 0.3) is 0 Å². The lowest BCUT2D eigenvalue weighted by Gasteiger charge is -2.41. The van der Waals surface area contributed by atoms with Gasteiger partial charge in [-0.25, -0.2) is 0 Å². The Morgan fingerprint density at radius 1 is 0.562 bits per heavy atom. The third kappa shape index (κ3) is 7.18. The Bertz CT molecular complexity index is 1210. The van der Waals surface area contributed by atoms with Gasteiger partial charge in [-0.3, -0.25) is 4.79 Å².